The van der Waals surface area contributed by atoms with Gasteiger partial charge in [-0.15, -0.1) is 0 Å². The van der Waals surface area contributed by atoms with Crippen LogP contribution >= 0.6 is 0 Å². The number of hydrogen-bond acceptors (Lipinski definition) is 5. The molecular formula is C21H19N3O4. The SMILES string of the molecule is CC(=NNC(=O)COc1ccccc1)c1cccc(NC(=O)c2ccco2)c1. The number of nitrogens with zero attached hydrogens (tertiary/aromatic N) is 1. The molecule has 0 saturated heterocycles. The van der Waals surface area contributed by atoms with E-state index in [9.17, 15) is 9.59 Å². The predicted molar refractivity (Wildman–Crippen MR) is 105 cm³/mol. The zero-order valence-corrected chi connectivity index (χ0v) is 15.2. The van der Waals surface area contributed by atoms with Crippen LogP contribution in [0.2, 0.25) is 0 Å². The maximum Gasteiger partial charge on any atom is 0.291 e. The van der Waals surface area contributed by atoms with E-state index in [0.717, 1.165) is 5.56 Å². The van der Waals surface area contributed by atoms with Crippen LogP contribution in [0.25, 0.3) is 0 Å². The molecule has 0 atom stereocenters. The quantitative estimate of drug-likeness (QED) is 0.487. The van der Waals surface area contributed by atoms with Gasteiger partial charge in [0, 0.05) is 5.69 Å². The summed E-state index contributed by atoms with van der Waals surface area (Å²) in [6, 6.07) is 19.4. The van der Waals surface area contributed by atoms with Crippen molar-refractivity contribution in [3.8, 4) is 5.75 Å². The number of para-hydroxylation sites is 1. The van der Waals surface area contributed by atoms with Crippen molar-refractivity contribution in [2.45, 2.75) is 6.92 Å². The third-order valence-electron chi connectivity index (χ3n) is 3.74. The molecule has 0 saturated carbocycles. The van der Waals surface area contributed by atoms with Crippen molar-refractivity contribution >= 4 is 23.2 Å². The number of furan rings is 1. The molecular weight excluding hydrogens is 358 g/mol. The first kappa shape index (κ1) is 18.9. The minimum Gasteiger partial charge on any atom is -0.484 e. The second-order valence-corrected chi connectivity index (χ2v) is 5.85. The van der Waals surface area contributed by atoms with E-state index >= 15 is 0 Å². The number of nitrogens with one attached hydrogen (secondary N) is 2. The molecule has 0 fully saturated rings. The fourth-order valence-electron chi connectivity index (χ4n) is 2.33. The first-order chi connectivity index (χ1) is 13.6. The standard InChI is InChI=1S/C21H19N3O4/c1-15(23-24-20(25)14-28-18-9-3-2-4-10-18)16-7-5-8-17(13-16)22-21(26)19-11-6-12-27-19/h2-13H,14H2,1H3,(H,22,26)(H,24,25). The van der Waals surface area contributed by atoms with Gasteiger partial charge in [0.15, 0.2) is 12.4 Å². The molecule has 0 aliphatic carbocycles. The van der Waals surface area contributed by atoms with Gasteiger partial charge in [0.25, 0.3) is 11.8 Å². The summed E-state index contributed by atoms with van der Waals surface area (Å²) in [7, 11) is 0. The Morgan fingerprint density at radius 2 is 1.86 bits per heavy atom. The van der Waals surface area contributed by atoms with Gasteiger partial charge in [0.2, 0.25) is 0 Å². The number of hydrogen-bond donors (Lipinski definition) is 2. The number of carbonyl (C=O) groups is 2. The van der Waals surface area contributed by atoms with Crippen molar-refractivity contribution in [1.82, 2.24) is 5.43 Å². The van der Waals surface area contributed by atoms with E-state index in [1.54, 1.807) is 49.4 Å². The van der Waals surface area contributed by atoms with Gasteiger partial charge in [-0.05, 0) is 48.9 Å². The van der Waals surface area contributed by atoms with Crippen molar-refractivity contribution in [2.24, 2.45) is 5.10 Å². The lowest BCUT2D eigenvalue weighted by molar-refractivity contribution is -0.123. The molecule has 0 aliphatic heterocycles. The summed E-state index contributed by atoms with van der Waals surface area (Å²) in [5.74, 6) is 0.119. The van der Waals surface area contributed by atoms with E-state index in [4.69, 9.17) is 9.15 Å². The van der Waals surface area contributed by atoms with Crippen molar-refractivity contribution < 1.29 is 18.7 Å². The topological polar surface area (TPSA) is 92.9 Å². The van der Waals surface area contributed by atoms with Gasteiger partial charge in [-0.3, -0.25) is 9.59 Å². The molecule has 2 aromatic carbocycles. The maximum atomic E-state index is 12.1. The smallest absolute Gasteiger partial charge is 0.291 e. The summed E-state index contributed by atoms with van der Waals surface area (Å²) in [5, 5.41) is 6.83. The van der Waals surface area contributed by atoms with Gasteiger partial charge in [0.1, 0.15) is 5.75 Å². The molecule has 3 rings (SSSR count). The molecule has 0 aliphatic rings. The summed E-state index contributed by atoms with van der Waals surface area (Å²) in [6.45, 7) is 1.62. The Bertz CT molecular complexity index is 966. The Kier molecular flexibility index (Phi) is 6.20. The minimum atomic E-state index is -0.370. The fraction of sp³-hybridized carbons (Fsp3) is 0.0952. The van der Waals surface area contributed by atoms with Crippen LogP contribution in [0.15, 0.2) is 82.5 Å². The third-order valence-corrected chi connectivity index (χ3v) is 3.74. The summed E-state index contributed by atoms with van der Waals surface area (Å²) >= 11 is 0. The second-order valence-electron chi connectivity index (χ2n) is 5.85. The number of anilines is 1. The molecule has 7 nitrogen and oxygen atoms in total. The first-order valence-electron chi connectivity index (χ1n) is 8.58. The molecule has 0 spiro atoms. The molecule has 1 heterocycles. The zero-order chi connectivity index (χ0) is 19.8. The molecule has 142 valence electrons. The van der Waals surface area contributed by atoms with Crippen molar-refractivity contribution in [3.05, 3.63) is 84.3 Å². The van der Waals surface area contributed by atoms with Gasteiger partial charge in [-0.2, -0.15) is 5.10 Å². The lowest BCUT2D eigenvalue weighted by Gasteiger charge is -2.07. The normalized spacial score (nSPS) is 11.0. The minimum absolute atomic E-state index is 0.139. The fourth-order valence-corrected chi connectivity index (χ4v) is 2.33. The van der Waals surface area contributed by atoms with Crippen LogP contribution in [0, 0.1) is 0 Å². The highest BCUT2D eigenvalue weighted by Crippen LogP contribution is 2.13. The number of rotatable bonds is 7. The monoisotopic (exact) mass is 377 g/mol. The van der Waals surface area contributed by atoms with E-state index < -0.39 is 0 Å². The second kappa shape index (κ2) is 9.18. The van der Waals surface area contributed by atoms with Crippen molar-refractivity contribution in [1.29, 1.82) is 0 Å². The van der Waals surface area contributed by atoms with Crippen LogP contribution in [0.3, 0.4) is 0 Å². The van der Waals surface area contributed by atoms with Crippen LogP contribution in [0.1, 0.15) is 23.0 Å². The molecule has 0 bridgehead atoms. The Labute approximate surface area is 162 Å². The van der Waals surface area contributed by atoms with E-state index in [-0.39, 0.29) is 24.2 Å². The Morgan fingerprint density at radius 1 is 1.04 bits per heavy atom. The van der Waals surface area contributed by atoms with Gasteiger partial charge < -0.3 is 14.5 Å². The maximum absolute atomic E-state index is 12.1. The third kappa shape index (κ3) is 5.31. The predicted octanol–water partition coefficient (Wildman–Crippen LogP) is 3.45. The Balaban J connectivity index is 1.56. The van der Waals surface area contributed by atoms with Gasteiger partial charge >= 0.3 is 0 Å². The largest absolute Gasteiger partial charge is 0.484 e. The van der Waals surface area contributed by atoms with E-state index in [1.807, 2.05) is 24.3 Å². The molecule has 2 N–H and O–H groups in total. The number of ether oxygens (including phenoxy) is 1. The van der Waals surface area contributed by atoms with Crippen LogP contribution < -0.4 is 15.5 Å². The number of benzene rings is 2. The van der Waals surface area contributed by atoms with Crippen LogP contribution in [-0.2, 0) is 4.79 Å². The lowest BCUT2D eigenvalue weighted by atomic mass is 10.1. The van der Waals surface area contributed by atoms with E-state index in [2.05, 4.69) is 15.8 Å². The molecule has 2 amide bonds. The molecule has 0 radical (unpaired) electrons. The average molecular weight is 377 g/mol. The number of hydrazone groups is 1. The Morgan fingerprint density at radius 3 is 2.61 bits per heavy atom. The Hall–Kier alpha value is -3.87. The number of amides is 2. The average Bonchev–Trinajstić information content (AvgIpc) is 3.26. The molecule has 0 unspecified atom stereocenters. The molecule has 1 aromatic heterocycles. The van der Waals surface area contributed by atoms with Gasteiger partial charge in [-0.1, -0.05) is 30.3 Å². The highest BCUT2D eigenvalue weighted by atomic mass is 16.5. The summed E-state index contributed by atoms with van der Waals surface area (Å²) in [6.07, 6.45) is 1.44. The van der Waals surface area contributed by atoms with E-state index in [1.165, 1.54) is 6.26 Å². The summed E-state index contributed by atoms with van der Waals surface area (Å²) in [5.41, 5.74) is 4.38. The summed E-state index contributed by atoms with van der Waals surface area (Å²) in [4.78, 5) is 23.9. The number of carbonyl (C=O) groups excluding carboxylic acids is 2. The van der Waals surface area contributed by atoms with Crippen LogP contribution in [-0.4, -0.2) is 24.1 Å². The zero-order valence-electron chi connectivity index (χ0n) is 15.2. The van der Waals surface area contributed by atoms with Crippen molar-refractivity contribution in [3.63, 3.8) is 0 Å². The van der Waals surface area contributed by atoms with Gasteiger partial charge in [-0.25, -0.2) is 5.43 Å². The van der Waals surface area contributed by atoms with E-state index in [0.29, 0.717) is 17.1 Å². The van der Waals surface area contributed by atoms with Crippen LogP contribution in [0.4, 0.5) is 5.69 Å². The van der Waals surface area contributed by atoms with Gasteiger partial charge in [0.05, 0.1) is 12.0 Å². The first-order valence-corrected chi connectivity index (χ1v) is 8.58. The molecule has 28 heavy (non-hydrogen) atoms. The molecule has 7 heteroatoms. The van der Waals surface area contributed by atoms with Crippen LogP contribution in [0.5, 0.6) is 5.75 Å². The highest BCUT2D eigenvalue weighted by Gasteiger charge is 2.09. The molecule has 3 aromatic rings. The van der Waals surface area contributed by atoms with Crippen molar-refractivity contribution in [2.75, 3.05) is 11.9 Å². The lowest BCUT2D eigenvalue weighted by Crippen LogP contribution is -2.25. The summed E-state index contributed by atoms with van der Waals surface area (Å²) < 4.78 is 10.4. The highest BCUT2D eigenvalue weighted by molar-refractivity contribution is 6.04.